The summed E-state index contributed by atoms with van der Waals surface area (Å²) in [6.45, 7) is 16.7. The van der Waals surface area contributed by atoms with Gasteiger partial charge in [0.2, 0.25) is 0 Å². The number of nitrogens with zero attached hydrogens (tertiary/aromatic N) is 1. The minimum Gasteiger partial charge on any atom is -0.549 e. The van der Waals surface area contributed by atoms with Crippen LogP contribution in [0.5, 0.6) is 0 Å². The maximum Gasteiger partial charge on any atom is 0.312 e. The van der Waals surface area contributed by atoms with Crippen molar-refractivity contribution in [2.75, 3.05) is 26.2 Å². The Hall–Kier alpha value is -1.10. The van der Waals surface area contributed by atoms with Crippen LogP contribution >= 0.6 is 0 Å². The Morgan fingerprint density at radius 2 is 1.07 bits per heavy atom. The van der Waals surface area contributed by atoms with Gasteiger partial charge in [-0.3, -0.25) is 4.79 Å². The summed E-state index contributed by atoms with van der Waals surface area (Å²) in [6, 6.07) is 0. The molecule has 5 nitrogen and oxygen atoms in total. The van der Waals surface area contributed by atoms with E-state index in [1.54, 1.807) is 6.92 Å². The fourth-order valence-corrected chi connectivity index (χ4v) is 3.28. The maximum atomic E-state index is 10.1. The van der Waals surface area contributed by atoms with Gasteiger partial charge in [-0.15, -0.1) is 0 Å². The highest BCUT2D eigenvalue weighted by atomic mass is 16.4. The van der Waals surface area contributed by atoms with Crippen LogP contribution in [0.1, 0.15) is 98.8 Å². The molecule has 0 bridgehead atoms. The van der Waals surface area contributed by atoms with Crippen molar-refractivity contribution < 1.29 is 24.3 Å². The number of carbonyl (C=O) groups excluding carboxylic acids is 1. The van der Waals surface area contributed by atoms with Crippen LogP contribution in [-0.4, -0.2) is 47.7 Å². The van der Waals surface area contributed by atoms with Crippen LogP contribution in [0.4, 0.5) is 0 Å². The van der Waals surface area contributed by atoms with Crippen molar-refractivity contribution in [2.24, 2.45) is 5.92 Å². The van der Waals surface area contributed by atoms with E-state index in [1.807, 2.05) is 0 Å². The molecule has 1 unspecified atom stereocenters. The van der Waals surface area contributed by atoms with Gasteiger partial charge in [0.15, 0.2) is 0 Å². The molecule has 0 fully saturated rings. The molecule has 27 heavy (non-hydrogen) atoms. The summed E-state index contributed by atoms with van der Waals surface area (Å²) in [5.41, 5.74) is 0. The average Bonchev–Trinajstić information content (AvgIpc) is 2.65. The van der Waals surface area contributed by atoms with E-state index in [0.717, 1.165) is 0 Å². The van der Waals surface area contributed by atoms with Gasteiger partial charge < -0.3 is 19.5 Å². The van der Waals surface area contributed by atoms with Gasteiger partial charge in [-0.1, -0.05) is 66.7 Å². The first kappa shape index (κ1) is 28.1. The molecule has 0 aromatic rings. The third-order valence-corrected chi connectivity index (χ3v) is 5.10. The summed E-state index contributed by atoms with van der Waals surface area (Å²) in [6.07, 6.45) is 11.7. The monoisotopic (exact) mass is 387 g/mol. The van der Waals surface area contributed by atoms with Crippen molar-refractivity contribution in [2.45, 2.75) is 98.8 Å². The van der Waals surface area contributed by atoms with Crippen molar-refractivity contribution in [3.8, 4) is 0 Å². The zero-order valence-corrected chi connectivity index (χ0v) is 18.6. The third kappa shape index (κ3) is 14.6. The van der Waals surface area contributed by atoms with E-state index in [1.165, 1.54) is 82.0 Å². The molecule has 0 rings (SSSR count). The molecule has 1 N–H and O–H groups in total. The predicted molar refractivity (Wildman–Crippen MR) is 110 cm³/mol. The van der Waals surface area contributed by atoms with Gasteiger partial charge >= 0.3 is 5.97 Å². The second-order valence-electron chi connectivity index (χ2n) is 7.65. The lowest BCUT2D eigenvalue weighted by Crippen LogP contribution is -2.50. The smallest absolute Gasteiger partial charge is 0.312 e. The summed E-state index contributed by atoms with van der Waals surface area (Å²) in [5, 5.41) is 18.3. The van der Waals surface area contributed by atoms with Crippen molar-refractivity contribution in [3.63, 3.8) is 0 Å². The van der Waals surface area contributed by atoms with Gasteiger partial charge in [0.1, 0.15) is 0 Å². The van der Waals surface area contributed by atoms with Crippen LogP contribution in [-0.2, 0) is 9.59 Å². The number of carboxylic acids is 2. The molecule has 5 heteroatoms. The Labute approximate surface area is 167 Å². The van der Waals surface area contributed by atoms with Crippen molar-refractivity contribution >= 4 is 11.9 Å². The van der Waals surface area contributed by atoms with Gasteiger partial charge in [0.05, 0.1) is 38.1 Å². The number of carboxylic acid groups (broad SMARTS) is 2. The summed E-state index contributed by atoms with van der Waals surface area (Å²) >= 11 is 0. The minimum atomic E-state index is -1.51. The minimum absolute atomic E-state index is 0.137. The first-order chi connectivity index (χ1) is 12.8. The van der Waals surface area contributed by atoms with Crippen molar-refractivity contribution in [3.05, 3.63) is 0 Å². The van der Waals surface area contributed by atoms with Crippen LogP contribution in [0.2, 0.25) is 0 Å². The number of hydrogen-bond acceptors (Lipinski definition) is 3. The third-order valence-electron chi connectivity index (χ3n) is 5.10. The topological polar surface area (TPSA) is 77.4 Å². The van der Waals surface area contributed by atoms with E-state index in [-0.39, 0.29) is 6.42 Å². The van der Waals surface area contributed by atoms with E-state index in [0.29, 0.717) is 6.42 Å². The highest BCUT2D eigenvalue weighted by molar-refractivity contribution is 5.91. The first-order valence-corrected chi connectivity index (χ1v) is 11.1. The molecule has 0 aliphatic carbocycles. The molecule has 0 aliphatic heterocycles. The zero-order chi connectivity index (χ0) is 21.1. The summed E-state index contributed by atoms with van der Waals surface area (Å²) in [7, 11) is 0. The predicted octanol–water partition coefficient (Wildman–Crippen LogP) is 4.24. The fourth-order valence-electron chi connectivity index (χ4n) is 3.28. The van der Waals surface area contributed by atoms with E-state index in [4.69, 9.17) is 5.11 Å². The standard InChI is InChI=1S/C16H36N.C6H10O4/c1-5-9-13-17(14-10-6-2,15-11-7-3)16-12-8-4;1-2-3-4(5(7)8)6(9)10/h5-16H2,1-4H3;4H,2-3H2,1H3,(H,7,8)(H,9,10)/q+1;/p-1. The summed E-state index contributed by atoms with van der Waals surface area (Å²) < 4.78 is 1.42. The molecule has 0 aromatic heterocycles. The molecule has 0 amide bonds. The molecular weight excluding hydrogens is 342 g/mol. The SMILES string of the molecule is CCCC(C(=O)[O-])C(=O)O.CCCC[N+](CCCC)(CCCC)CCCC. The lowest BCUT2D eigenvalue weighted by Gasteiger charge is -2.39. The number of carbonyl (C=O) groups is 2. The van der Waals surface area contributed by atoms with Gasteiger partial charge in [-0.05, 0) is 32.1 Å². The molecular formula is C22H45NO4. The van der Waals surface area contributed by atoms with Gasteiger partial charge in [0, 0.05) is 0 Å². The normalized spacial score (nSPS) is 12.2. The number of hydrogen-bond donors (Lipinski definition) is 1. The van der Waals surface area contributed by atoms with Crippen molar-refractivity contribution in [1.82, 2.24) is 0 Å². The second-order valence-corrected chi connectivity index (χ2v) is 7.65. The molecule has 0 saturated heterocycles. The molecule has 0 heterocycles. The Kier molecular flexibility index (Phi) is 19.0. The summed E-state index contributed by atoms with van der Waals surface area (Å²) in [5.74, 6) is -4.17. The molecule has 0 aliphatic rings. The number of rotatable bonds is 16. The molecule has 1 atom stereocenters. The molecule has 0 saturated carbocycles. The Balaban J connectivity index is 0. The van der Waals surface area contributed by atoms with Crippen LogP contribution in [0, 0.1) is 5.92 Å². The second kappa shape index (κ2) is 18.3. The Morgan fingerprint density at radius 3 is 1.22 bits per heavy atom. The Bertz CT molecular complexity index is 320. The number of unbranched alkanes of at least 4 members (excludes halogenated alkanes) is 4. The average molecular weight is 388 g/mol. The van der Waals surface area contributed by atoms with Gasteiger partial charge in [0.25, 0.3) is 0 Å². The molecule has 162 valence electrons. The van der Waals surface area contributed by atoms with Crippen LogP contribution in [0.15, 0.2) is 0 Å². The van der Waals surface area contributed by atoms with Crippen molar-refractivity contribution in [1.29, 1.82) is 0 Å². The lowest BCUT2D eigenvalue weighted by molar-refractivity contribution is -0.929. The Morgan fingerprint density at radius 1 is 0.741 bits per heavy atom. The quantitative estimate of drug-likeness (QED) is 0.317. The van der Waals surface area contributed by atoms with Crippen LogP contribution < -0.4 is 5.11 Å². The van der Waals surface area contributed by atoms with Gasteiger partial charge in [-0.2, -0.15) is 0 Å². The van der Waals surface area contributed by atoms with E-state index < -0.39 is 17.9 Å². The van der Waals surface area contributed by atoms with Crippen LogP contribution in [0.25, 0.3) is 0 Å². The fraction of sp³-hybridized carbons (Fsp3) is 0.909. The first-order valence-electron chi connectivity index (χ1n) is 11.1. The molecule has 0 spiro atoms. The zero-order valence-electron chi connectivity index (χ0n) is 18.6. The van der Waals surface area contributed by atoms with Crippen LogP contribution in [0.3, 0.4) is 0 Å². The number of quaternary nitrogens is 1. The van der Waals surface area contributed by atoms with E-state index in [2.05, 4.69) is 27.7 Å². The van der Waals surface area contributed by atoms with Gasteiger partial charge in [-0.25, -0.2) is 0 Å². The summed E-state index contributed by atoms with van der Waals surface area (Å²) in [4.78, 5) is 20.1. The maximum absolute atomic E-state index is 10.1. The molecule has 0 radical (unpaired) electrons. The lowest BCUT2D eigenvalue weighted by atomic mass is 10.1. The molecule has 0 aromatic carbocycles. The highest BCUT2D eigenvalue weighted by Crippen LogP contribution is 2.16. The van der Waals surface area contributed by atoms with E-state index in [9.17, 15) is 14.7 Å². The largest absolute Gasteiger partial charge is 0.549 e. The number of aliphatic carboxylic acids is 2. The van der Waals surface area contributed by atoms with E-state index >= 15 is 0 Å². The highest BCUT2D eigenvalue weighted by Gasteiger charge is 2.24.